The summed E-state index contributed by atoms with van der Waals surface area (Å²) in [5.74, 6) is -1.56. The molecule has 0 aliphatic rings. The van der Waals surface area contributed by atoms with Gasteiger partial charge in [-0.2, -0.15) is 0 Å². The van der Waals surface area contributed by atoms with Crippen LogP contribution in [0.25, 0.3) is 0 Å². The number of nitrogens with one attached hydrogen (secondary N) is 2. The molecular weight excluding hydrogens is 846 g/mol. The van der Waals surface area contributed by atoms with Gasteiger partial charge in [0.1, 0.15) is 0 Å². The smallest absolute Gasteiger partial charge is 0.331 e. The predicted octanol–water partition coefficient (Wildman–Crippen LogP) is 11.9. The number of unbranched alkanes of at least 4 members (excludes halogenated alkanes) is 18. The number of alkyl halides is 1. The molecule has 342 valence electrons. The number of hydrogen-bond acceptors (Lipinski definition) is 10. The first-order valence-corrected chi connectivity index (χ1v) is 25.6. The molecule has 0 saturated heterocycles. The average molecular weight is 930 g/mol. The van der Waals surface area contributed by atoms with Crippen LogP contribution in [0.15, 0.2) is 24.3 Å². The van der Waals surface area contributed by atoms with E-state index in [0.717, 1.165) is 63.1 Å². The molecule has 2 amide bonds. The summed E-state index contributed by atoms with van der Waals surface area (Å²) < 4.78 is 35.7. The lowest BCUT2D eigenvalue weighted by Gasteiger charge is -2.12. The number of amides is 2. The molecule has 0 aromatic carbocycles. The number of ketones is 2. The summed E-state index contributed by atoms with van der Waals surface area (Å²) in [6.07, 6.45) is 35.8. The van der Waals surface area contributed by atoms with Crippen molar-refractivity contribution >= 4 is 55.5 Å². The molecular formula is C43H83BrN2O10P2. The van der Waals surface area contributed by atoms with Gasteiger partial charge < -0.3 is 33.3 Å². The molecule has 12 nitrogen and oxygen atoms in total. The van der Waals surface area contributed by atoms with E-state index in [1.807, 2.05) is 0 Å². The molecule has 58 heavy (non-hydrogen) atoms. The monoisotopic (exact) mass is 928 g/mol. The third kappa shape index (κ3) is 44.3. The Morgan fingerprint density at radius 3 is 1.10 bits per heavy atom. The van der Waals surface area contributed by atoms with Crippen molar-refractivity contribution in [1.29, 1.82) is 0 Å². The van der Waals surface area contributed by atoms with Gasteiger partial charge in [0.05, 0.1) is 6.16 Å². The first-order chi connectivity index (χ1) is 28.1. The summed E-state index contributed by atoms with van der Waals surface area (Å²) in [5, 5.41) is 6.45. The molecule has 0 bridgehead atoms. The van der Waals surface area contributed by atoms with Crippen molar-refractivity contribution in [2.75, 3.05) is 60.1 Å². The SMILES string of the molecule is CCC(=O)C(=O)NCCCC/C=C\CCCCCCCCCBr.CCC(=O)C(=O)NCCCC/C=C\CCCCCCCCCP(=O)(OC)OC.COP(OC)OC. The molecule has 0 heterocycles. The standard InChI is InChI=1S/C21H40NO5P.C19H34BrNO2.C3H9O3P/c1-4-20(23)21(24)22-18-16-14-12-10-8-6-5-7-9-11-13-15-17-19-28(25,26-2)27-3;1-2-18(22)19(23)21-17-15-13-11-9-7-5-3-4-6-8-10-12-14-16-20;1-4-7(5-2)6-3/h8,10H,4-7,9,11-19H2,1-3H3,(H,22,24);7,9H,2-6,8,10-17H2,1H3,(H,21,23);1-3H3/b10-8-;9-7-;. The van der Waals surface area contributed by atoms with Gasteiger partial charge in [-0.15, -0.1) is 0 Å². The van der Waals surface area contributed by atoms with Crippen molar-refractivity contribution in [3.05, 3.63) is 24.3 Å². The fraction of sp³-hybridized carbons (Fsp3) is 0.814. The van der Waals surface area contributed by atoms with Crippen LogP contribution in [0, 0.1) is 0 Å². The zero-order valence-corrected chi connectivity index (χ0v) is 40.8. The average Bonchev–Trinajstić information content (AvgIpc) is 3.24. The number of carbonyl (C=O) groups is 4. The summed E-state index contributed by atoms with van der Waals surface area (Å²) in [6, 6.07) is 0. The zero-order chi connectivity index (χ0) is 44.0. The Balaban J connectivity index is -0.000000905. The second-order valence-corrected chi connectivity index (χ2v) is 18.4. The number of allylic oxidation sites excluding steroid dienone is 4. The Morgan fingerprint density at radius 2 is 0.810 bits per heavy atom. The Kier molecular flexibility index (Phi) is 50.9. The van der Waals surface area contributed by atoms with Crippen LogP contribution in [0.1, 0.15) is 168 Å². The Hall–Kier alpha value is -1.30. The Morgan fingerprint density at radius 1 is 0.500 bits per heavy atom. The van der Waals surface area contributed by atoms with Crippen LogP contribution in [0.5, 0.6) is 0 Å². The van der Waals surface area contributed by atoms with Gasteiger partial charge >= 0.3 is 16.2 Å². The zero-order valence-electron chi connectivity index (χ0n) is 37.5. The molecule has 0 saturated carbocycles. The maximum Gasteiger partial charge on any atom is 0.331 e. The van der Waals surface area contributed by atoms with E-state index in [1.54, 1.807) is 35.2 Å². The lowest BCUT2D eigenvalue weighted by Crippen LogP contribution is -2.31. The van der Waals surface area contributed by atoms with Crippen LogP contribution in [0.4, 0.5) is 0 Å². The molecule has 0 aromatic rings. The van der Waals surface area contributed by atoms with Gasteiger partial charge in [0.25, 0.3) is 11.8 Å². The van der Waals surface area contributed by atoms with Crippen molar-refractivity contribution in [3.63, 3.8) is 0 Å². The van der Waals surface area contributed by atoms with Crippen molar-refractivity contribution in [3.8, 4) is 0 Å². The highest BCUT2D eigenvalue weighted by Crippen LogP contribution is 2.47. The lowest BCUT2D eigenvalue weighted by atomic mass is 10.1. The van der Waals surface area contributed by atoms with Gasteiger partial charge in [0, 0.05) is 66.8 Å². The quantitative estimate of drug-likeness (QED) is 0.0201. The highest BCUT2D eigenvalue weighted by Gasteiger charge is 2.19. The number of Topliss-reactive ketones (excluding diaryl/α,β-unsaturated/α-hetero) is 2. The minimum absolute atomic E-state index is 0.264. The van der Waals surface area contributed by atoms with Crippen LogP contribution < -0.4 is 10.6 Å². The first kappa shape index (κ1) is 61.0. The van der Waals surface area contributed by atoms with Crippen LogP contribution >= 0.6 is 32.1 Å². The fourth-order valence-corrected chi connectivity index (χ4v) is 7.31. The third-order valence-electron chi connectivity index (χ3n) is 8.96. The topological polar surface area (TPSA) is 156 Å². The molecule has 2 N–H and O–H groups in total. The van der Waals surface area contributed by atoms with Crippen LogP contribution in [0.3, 0.4) is 0 Å². The van der Waals surface area contributed by atoms with Crippen molar-refractivity contribution in [2.45, 2.75) is 168 Å². The molecule has 0 aliphatic carbocycles. The summed E-state index contributed by atoms with van der Waals surface area (Å²) in [4.78, 5) is 44.7. The number of halogens is 1. The normalized spacial score (nSPS) is 11.3. The second-order valence-electron chi connectivity index (χ2n) is 13.7. The molecule has 0 aliphatic heterocycles. The molecule has 0 spiro atoms. The first-order valence-electron chi connectivity index (χ1n) is 21.7. The van der Waals surface area contributed by atoms with Gasteiger partial charge in [0.15, 0.2) is 0 Å². The molecule has 0 atom stereocenters. The van der Waals surface area contributed by atoms with Crippen molar-refractivity contribution < 1.29 is 46.4 Å². The van der Waals surface area contributed by atoms with Crippen molar-refractivity contribution in [1.82, 2.24) is 10.6 Å². The van der Waals surface area contributed by atoms with Gasteiger partial charge in [-0.3, -0.25) is 23.7 Å². The number of carbonyl (C=O) groups excluding carboxylic acids is 4. The Bertz CT molecular complexity index is 1060. The molecule has 15 heteroatoms. The van der Waals surface area contributed by atoms with E-state index < -0.39 is 28.0 Å². The van der Waals surface area contributed by atoms with Crippen molar-refractivity contribution in [2.24, 2.45) is 0 Å². The fourth-order valence-electron chi connectivity index (χ4n) is 5.34. The molecule has 0 unspecified atom stereocenters. The summed E-state index contributed by atoms with van der Waals surface area (Å²) in [7, 11) is 3.63. The Labute approximate surface area is 363 Å². The van der Waals surface area contributed by atoms with E-state index in [4.69, 9.17) is 9.05 Å². The summed E-state index contributed by atoms with van der Waals surface area (Å²) >= 11 is 3.46. The van der Waals surface area contributed by atoms with Crippen LogP contribution in [-0.2, 0) is 46.4 Å². The number of rotatable bonds is 38. The highest BCUT2D eigenvalue weighted by atomic mass is 79.9. The summed E-state index contributed by atoms with van der Waals surface area (Å²) in [6.45, 7) is 4.58. The van der Waals surface area contributed by atoms with E-state index in [1.165, 1.54) is 97.7 Å². The van der Waals surface area contributed by atoms with E-state index in [-0.39, 0.29) is 24.4 Å². The summed E-state index contributed by atoms with van der Waals surface area (Å²) in [5.41, 5.74) is 0. The van der Waals surface area contributed by atoms with E-state index in [2.05, 4.69) is 64.4 Å². The van der Waals surface area contributed by atoms with E-state index >= 15 is 0 Å². The molecule has 0 rings (SSSR count). The molecule has 0 fully saturated rings. The lowest BCUT2D eigenvalue weighted by molar-refractivity contribution is -0.137. The third-order valence-corrected chi connectivity index (χ3v) is 12.4. The van der Waals surface area contributed by atoms with Crippen LogP contribution in [-0.4, -0.2) is 83.5 Å². The molecule has 0 aromatic heterocycles. The minimum atomic E-state index is -2.82. The minimum Gasteiger partial charge on any atom is -0.350 e. The maximum absolute atomic E-state index is 11.9. The van der Waals surface area contributed by atoms with E-state index in [9.17, 15) is 23.7 Å². The number of hydrogen-bond donors (Lipinski definition) is 2. The van der Waals surface area contributed by atoms with Crippen LogP contribution in [0.2, 0.25) is 0 Å². The van der Waals surface area contributed by atoms with Gasteiger partial charge in [-0.1, -0.05) is 118 Å². The maximum atomic E-state index is 11.9. The largest absolute Gasteiger partial charge is 0.350 e. The predicted molar refractivity (Wildman–Crippen MR) is 245 cm³/mol. The van der Waals surface area contributed by atoms with Gasteiger partial charge in [-0.25, -0.2) is 0 Å². The van der Waals surface area contributed by atoms with E-state index in [0.29, 0.717) is 19.3 Å². The highest BCUT2D eigenvalue weighted by molar-refractivity contribution is 9.09. The molecule has 0 radical (unpaired) electrons. The second kappa shape index (κ2) is 48.4. The van der Waals surface area contributed by atoms with Gasteiger partial charge in [-0.05, 0) is 77.0 Å². The van der Waals surface area contributed by atoms with Gasteiger partial charge in [0.2, 0.25) is 11.6 Å².